The Morgan fingerprint density at radius 2 is 2.00 bits per heavy atom. The maximum Gasteiger partial charge on any atom is 0.321 e. The molecular weight excluding hydrogens is 226 g/mol. The highest BCUT2D eigenvalue weighted by molar-refractivity contribution is 5.74. The Bertz CT molecular complexity index is 351. The van der Waals surface area contributed by atoms with E-state index in [2.05, 4.69) is 19.2 Å². The summed E-state index contributed by atoms with van der Waals surface area (Å²) in [7, 11) is 0. The molecule has 0 saturated heterocycles. The van der Waals surface area contributed by atoms with Gasteiger partial charge in [0.2, 0.25) is 0 Å². The van der Waals surface area contributed by atoms with Gasteiger partial charge in [-0.25, -0.2) is 0 Å². The van der Waals surface area contributed by atoms with Crippen LogP contribution in [0.25, 0.3) is 0 Å². The second kappa shape index (κ2) is 7.88. The summed E-state index contributed by atoms with van der Waals surface area (Å²) in [5.74, 6) is -0.776. The van der Waals surface area contributed by atoms with E-state index in [1.807, 2.05) is 30.3 Å². The molecule has 100 valence electrons. The van der Waals surface area contributed by atoms with Crippen molar-refractivity contribution < 1.29 is 9.90 Å². The first-order valence-electron chi connectivity index (χ1n) is 6.66. The molecule has 1 aromatic carbocycles. The summed E-state index contributed by atoms with van der Waals surface area (Å²) in [6, 6.07) is 9.50. The lowest BCUT2D eigenvalue weighted by Gasteiger charge is -2.20. The van der Waals surface area contributed by atoms with Gasteiger partial charge in [0.15, 0.2) is 0 Å². The van der Waals surface area contributed by atoms with E-state index < -0.39 is 12.0 Å². The summed E-state index contributed by atoms with van der Waals surface area (Å²) < 4.78 is 0. The van der Waals surface area contributed by atoms with Gasteiger partial charge in [-0.05, 0) is 25.3 Å². The molecule has 0 bridgehead atoms. The van der Waals surface area contributed by atoms with Gasteiger partial charge in [-0.15, -0.1) is 0 Å². The van der Waals surface area contributed by atoms with Crippen LogP contribution in [0.1, 0.15) is 38.7 Å². The molecule has 1 unspecified atom stereocenters. The normalized spacial score (nSPS) is 14.1. The summed E-state index contributed by atoms with van der Waals surface area (Å²) >= 11 is 0. The summed E-state index contributed by atoms with van der Waals surface area (Å²) in [6.45, 7) is 4.20. The number of aliphatic carboxylic acids is 1. The van der Waals surface area contributed by atoms with Crippen molar-refractivity contribution in [1.29, 1.82) is 0 Å². The van der Waals surface area contributed by atoms with Gasteiger partial charge in [-0.1, -0.05) is 50.1 Å². The van der Waals surface area contributed by atoms with Gasteiger partial charge in [0, 0.05) is 6.04 Å². The molecular formula is C15H23NO2. The third-order valence-corrected chi connectivity index (χ3v) is 3.06. The predicted octanol–water partition coefficient (Wildman–Crippen LogP) is 2.85. The Hall–Kier alpha value is -1.35. The van der Waals surface area contributed by atoms with E-state index in [9.17, 15) is 9.90 Å². The van der Waals surface area contributed by atoms with E-state index in [-0.39, 0.29) is 6.04 Å². The molecule has 3 nitrogen and oxygen atoms in total. The zero-order valence-electron chi connectivity index (χ0n) is 11.2. The Balaban J connectivity index is 2.52. The maximum absolute atomic E-state index is 11.3. The van der Waals surface area contributed by atoms with E-state index in [0.717, 1.165) is 24.8 Å². The average molecular weight is 249 g/mol. The molecule has 0 aromatic heterocycles. The highest BCUT2D eigenvalue weighted by Gasteiger charge is 2.19. The van der Waals surface area contributed by atoms with Crippen LogP contribution in [-0.4, -0.2) is 23.2 Å². The molecule has 0 aliphatic carbocycles. The number of benzene rings is 1. The number of unbranched alkanes of at least 4 members (excludes halogenated alkanes) is 1. The van der Waals surface area contributed by atoms with Gasteiger partial charge in [-0.2, -0.15) is 0 Å². The summed E-state index contributed by atoms with van der Waals surface area (Å²) in [5.41, 5.74) is 1.06. The van der Waals surface area contributed by atoms with Crippen molar-refractivity contribution in [3.63, 3.8) is 0 Å². The van der Waals surface area contributed by atoms with Crippen LogP contribution in [0.5, 0.6) is 0 Å². The number of carbonyl (C=O) groups is 1. The van der Waals surface area contributed by atoms with E-state index in [4.69, 9.17) is 0 Å². The standard InChI is InChI=1S/C15H23NO2/c1-3-4-8-12(2)16-14(15(17)18)11-13-9-6-5-7-10-13/h5-7,9-10,12,14,16H,3-4,8,11H2,1-2H3,(H,17,18)/t12?,14-/m1/s1. The Morgan fingerprint density at radius 3 is 2.56 bits per heavy atom. The molecule has 1 rings (SSSR count). The third-order valence-electron chi connectivity index (χ3n) is 3.06. The summed E-state index contributed by atoms with van der Waals surface area (Å²) in [5, 5.41) is 12.4. The van der Waals surface area contributed by atoms with Crippen LogP contribution >= 0.6 is 0 Å². The first-order valence-corrected chi connectivity index (χ1v) is 6.66. The van der Waals surface area contributed by atoms with Gasteiger partial charge in [-0.3, -0.25) is 4.79 Å². The van der Waals surface area contributed by atoms with Crippen molar-refractivity contribution in [2.24, 2.45) is 0 Å². The monoisotopic (exact) mass is 249 g/mol. The highest BCUT2D eigenvalue weighted by atomic mass is 16.4. The van der Waals surface area contributed by atoms with Gasteiger partial charge in [0.1, 0.15) is 6.04 Å². The number of carboxylic acids is 1. The molecule has 3 heteroatoms. The van der Waals surface area contributed by atoms with Crippen LogP contribution in [-0.2, 0) is 11.2 Å². The molecule has 0 radical (unpaired) electrons. The predicted molar refractivity (Wildman–Crippen MR) is 73.7 cm³/mol. The third kappa shape index (κ3) is 5.32. The van der Waals surface area contributed by atoms with Crippen molar-refractivity contribution in [2.45, 2.75) is 51.6 Å². The topological polar surface area (TPSA) is 49.3 Å². The second-order valence-electron chi connectivity index (χ2n) is 4.79. The highest BCUT2D eigenvalue weighted by Crippen LogP contribution is 2.06. The molecule has 2 atom stereocenters. The summed E-state index contributed by atoms with van der Waals surface area (Å²) in [4.78, 5) is 11.3. The lowest BCUT2D eigenvalue weighted by Crippen LogP contribution is -2.43. The second-order valence-corrected chi connectivity index (χ2v) is 4.79. The molecule has 2 N–H and O–H groups in total. The number of rotatable bonds is 8. The quantitative estimate of drug-likeness (QED) is 0.745. The fourth-order valence-electron chi connectivity index (χ4n) is 2.00. The smallest absolute Gasteiger partial charge is 0.321 e. The minimum absolute atomic E-state index is 0.245. The fraction of sp³-hybridized carbons (Fsp3) is 0.533. The average Bonchev–Trinajstić information content (AvgIpc) is 2.36. The number of hydrogen-bond donors (Lipinski definition) is 2. The van der Waals surface area contributed by atoms with Crippen LogP contribution in [0.15, 0.2) is 30.3 Å². The van der Waals surface area contributed by atoms with Crippen molar-refractivity contribution >= 4 is 5.97 Å². The summed E-state index contributed by atoms with van der Waals surface area (Å²) in [6.07, 6.45) is 3.83. The van der Waals surface area contributed by atoms with Gasteiger partial charge in [0.05, 0.1) is 0 Å². The van der Waals surface area contributed by atoms with Crippen LogP contribution < -0.4 is 5.32 Å². The first kappa shape index (κ1) is 14.7. The lowest BCUT2D eigenvalue weighted by molar-refractivity contribution is -0.139. The zero-order valence-corrected chi connectivity index (χ0v) is 11.2. The van der Waals surface area contributed by atoms with Crippen LogP contribution in [0.4, 0.5) is 0 Å². The van der Waals surface area contributed by atoms with Crippen molar-refractivity contribution in [2.75, 3.05) is 0 Å². The fourth-order valence-corrected chi connectivity index (χ4v) is 2.00. The van der Waals surface area contributed by atoms with Crippen molar-refractivity contribution in [3.05, 3.63) is 35.9 Å². The number of carboxylic acid groups (broad SMARTS) is 1. The minimum atomic E-state index is -0.776. The van der Waals surface area contributed by atoms with E-state index in [1.165, 1.54) is 0 Å². The molecule has 0 saturated carbocycles. The first-order chi connectivity index (χ1) is 8.63. The SMILES string of the molecule is CCCCC(C)N[C@H](Cc1ccccc1)C(=O)O. The number of nitrogens with one attached hydrogen (secondary N) is 1. The van der Waals surface area contributed by atoms with Crippen LogP contribution in [0.2, 0.25) is 0 Å². The number of hydrogen-bond acceptors (Lipinski definition) is 2. The van der Waals surface area contributed by atoms with Crippen molar-refractivity contribution in [3.8, 4) is 0 Å². The molecule has 0 aliphatic rings. The molecule has 0 aliphatic heterocycles. The van der Waals surface area contributed by atoms with Gasteiger partial charge in [0.25, 0.3) is 0 Å². The van der Waals surface area contributed by atoms with Crippen LogP contribution in [0, 0.1) is 0 Å². The maximum atomic E-state index is 11.3. The molecule has 18 heavy (non-hydrogen) atoms. The van der Waals surface area contributed by atoms with E-state index in [0.29, 0.717) is 6.42 Å². The largest absolute Gasteiger partial charge is 0.480 e. The molecule has 0 heterocycles. The van der Waals surface area contributed by atoms with Gasteiger partial charge >= 0.3 is 5.97 Å². The Labute approximate surface area is 109 Å². The van der Waals surface area contributed by atoms with E-state index >= 15 is 0 Å². The zero-order chi connectivity index (χ0) is 13.4. The van der Waals surface area contributed by atoms with E-state index in [1.54, 1.807) is 0 Å². The lowest BCUT2D eigenvalue weighted by atomic mass is 10.0. The van der Waals surface area contributed by atoms with Gasteiger partial charge < -0.3 is 10.4 Å². The molecule has 1 aromatic rings. The molecule has 0 fully saturated rings. The van der Waals surface area contributed by atoms with Crippen LogP contribution in [0.3, 0.4) is 0 Å². The molecule has 0 amide bonds. The van der Waals surface area contributed by atoms with Crippen molar-refractivity contribution in [1.82, 2.24) is 5.32 Å². The Morgan fingerprint density at radius 1 is 1.33 bits per heavy atom. The minimum Gasteiger partial charge on any atom is -0.480 e. The molecule has 0 spiro atoms. The Kier molecular flexibility index (Phi) is 6.44.